The topological polar surface area (TPSA) is 216 Å². The van der Waals surface area contributed by atoms with Gasteiger partial charge in [0.05, 0.1) is 11.6 Å². The van der Waals surface area contributed by atoms with E-state index in [-0.39, 0.29) is 38.8 Å². The van der Waals surface area contributed by atoms with Crippen LogP contribution in [0.1, 0.15) is 117 Å². The SMILES string of the molecule is Cc1ccc(COc2ccc(COC(=O)C(CCCCNC(=O)C(N)Cc3cn(C(=O)OC(C)(C)C)c4ccccc34)NC(=O)NC(CCC(=O)OC(C)(C)C)C(=O)OC(C)(C)C)cc2)cc1. The van der Waals surface area contributed by atoms with E-state index in [0.29, 0.717) is 41.8 Å². The number of urea groups is 1. The van der Waals surface area contributed by atoms with Crippen molar-refractivity contribution in [2.45, 2.75) is 156 Å². The number of aryl methyl sites for hydroxylation is 1. The molecule has 3 atom stereocenters. The normalized spacial score (nSPS) is 13.1. The highest BCUT2D eigenvalue weighted by Crippen LogP contribution is 2.24. The first-order chi connectivity index (χ1) is 31.4. The summed E-state index contributed by atoms with van der Waals surface area (Å²) in [4.78, 5) is 79.1. The number of esters is 3. The molecule has 3 amide bonds. The van der Waals surface area contributed by atoms with Crippen molar-refractivity contribution in [3.8, 4) is 5.75 Å². The van der Waals surface area contributed by atoms with Gasteiger partial charge in [0, 0.05) is 24.5 Å². The third-order valence-electron chi connectivity index (χ3n) is 9.85. The number of para-hydroxylation sites is 1. The first-order valence-electron chi connectivity index (χ1n) is 22.7. The maximum Gasteiger partial charge on any atom is 0.419 e. The van der Waals surface area contributed by atoms with E-state index in [2.05, 4.69) is 16.0 Å². The van der Waals surface area contributed by atoms with Crippen molar-refractivity contribution in [3.63, 3.8) is 0 Å². The number of nitrogens with zero attached hydrogens (tertiary/aromatic N) is 1. The summed E-state index contributed by atoms with van der Waals surface area (Å²) in [5, 5.41) is 8.83. The van der Waals surface area contributed by atoms with Gasteiger partial charge in [0.2, 0.25) is 5.91 Å². The molecule has 16 nitrogen and oxygen atoms in total. The first-order valence-corrected chi connectivity index (χ1v) is 22.7. The molecular formula is C51H69N5O11. The molecule has 0 aliphatic carbocycles. The minimum Gasteiger partial charge on any atom is -0.489 e. The van der Waals surface area contributed by atoms with E-state index < -0.39 is 70.9 Å². The average Bonchev–Trinajstić information content (AvgIpc) is 3.60. The number of unbranched alkanes of at least 4 members (excludes halogenated alkanes) is 1. The number of hydrogen-bond acceptors (Lipinski definition) is 12. The minimum absolute atomic E-state index is 0.0995. The Morgan fingerprint density at radius 1 is 0.672 bits per heavy atom. The fourth-order valence-corrected chi connectivity index (χ4v) is 6.69. The molecule has 0 aliphatic rings. The number of carbonyl (C=O) groups is 6. The Kier molecular flexibility index (Phi) is 18.9. The molecule has 4 aromatic rings. The number of hydrogen-bond donors (Lipinski definition) is 4. The summed E-state index contributed by atoms with van der Waals surface area (Å²) in [6.07, 6.45) is 1.82. The third-order valence-corrected chi connectivity index (χ3v) is 9.85. The lowest BCUT2D eigenvalue weighted by molar-refractivity contribution is -0.158. The van der Waals surface area contributed by atoms with Crippen LogP contribution in [-0.4, -0.2) is 82.0 Å². The van der Waals surface area contributed by atoms with Gasteiger partial charge in [0.25, 0.3) is 0 Å². The summed E-state index contributed by atoms with van der Waals surface area (Å²) in [5.41, 5.74) is 8.21. The van der Waals surface area contributed by atoms with Gasteiger partial charge in [-0.25, -0.2) is 19.2 Å². The minimum atomic E-state index is -1.25. The quantitative estimate of drug-likeness (QED) is 0.0381. The van der Waals surface area contributed by atoms with E-state index in [0.717, 1.165) is 16.5 Å². The molecule has 4 rings (SSSR count). The monoisotopic (exact) mass is 927 g/mol. The van der Waals surface area contributed by atoms with Gasteiger partial charge < -0.3 is 45.4 Å². The van der Waals surface area contributed by atoms with E-state index >= 15 is 0 Å². The maximum absolute atomic E-state index is 13.6. The Hall–Kier alpha value is -6.42. The molecule has 0 aliphatic heterocycles. The Morgan fingerprint density at radius 3 is 1.88 bits per heavy atom. The number of carbonyl (C=O) groups excluding carboxylic acids is 6. The molecule has 1 aromatic heterocycles. The zero-order valence-electron chi connectivity index (χ0n) is 40.6. The molecule has 67 heavy (non-hydrogen) atoms. The van der Waals surface area contributed by atoms with Crippen molar-refractivity contribution in [1.29, 1.82) is 0 Å². The van der Waals surface area contributed by atoms with E-state index in [4.69, 9.17) is 29.4 Å². The molecular weight excluding hydrogens is 859 g/mol. The molecule has 1 heterocycles. The highest BCUT2D eigenvalue weighted by Gasteiger charge is 2.31. The number of benzene rings is 3. The molecule has 16 heteroatoms. The van der Waals surface area contributed by atoms with Crippen LogP contribution in [0.4, 0.5) is 9.59 Å². The van der Waals surface area contributed by atoms with Crippen LogP contribution in [0.3, 0.4) is 0 Å². The molecule has 3 unspecified atom stereocenters. The van der Waals surface area contributed by atoms with E-state index in [1.54, 1.807) is 98.8 Å². The zero-order chi connectivity index (χ0) is 49.5. The number of rotatable bonds is 20. The van der Waals surface area contributed by atoms with Crippen molar-refractivity contribution in [2.24, 2.45) is 5.73 Å². The van der Waals surface area contributed by atoms with Gasteiger partial charge in [-0.2, -0.15) is 0 Å². The lowest BCUT2D eigenvalue weighted by Gasteiger charge is -2.26. The van der Waals surface area contributed by atoms with E-state index in [9.17, 15) is 28.8 Å². The van der Waals surface area contributed by atoms with Crippen LogP contribution in [-0.2, 0) is 57.8 Å². The van der Waals surface area contributed by atoms with Gasteiger partial charge in [0.1, 0.15) is 47.9 Å². The maximum atomic E-state index is 13.6. The summed E-state index contributed by atoms with van der Waals surface area (Å²) in [6.45, 7) is 18.1. The highest BCUT2D eigenvalue weighted by atomic mass is 16.6. The number of aromatic nitrogens is 1. The first kappa shape index (κ1) is 53.2. The van der Waals surface area contributed by atoms with E-state index in [1.807, 2.05) is 49.4 Å². The standard InChI is InChI=1S/C51H69N5O11/c1-33-18-20-34(21-19-33)31-63-37-24-22-35(23-25-37)32-64-45(59)40(54-47(61)55-41(46(60)66-50(5,6)7)26-27-43(57)65-49(2,3)4)16-13-14-28-53-44(58)39(52)29-36-30-56(48(62)67-51(8,9)10)42-17-12-11-15-38(36)42/h11-12,15,17-25,30,39-41H,13-14,16,26-29,31-32,52H2,1-10H3,(H,53,58)(H2,54,55,61). The largest absolute Gasteiger partial charge is 0.489 e. The molecule has 0 saturated carbocycles. The van der Waals surface area contributed by atoms with Gasteiger partial charge in [-0.1, -0.05) is 60.2 Å². The van der Waals surface area contributed by atoms with Crippen LogP contribution in [0, 0.1) is 6.92 Å². The number of nitrogens with one attached hydrogen (secondary N) is 3. The third kappa shape index (κ3) is 18.8. The van der Waals surface area contributed by atoms with Gasteiger partial charge in [-0.15, -0.1) is 0 Å². The second-order valence-corrected chi connectivity index (χ2v) is 19.5. The molecule has 364 valence electrons. The summed E-state index contributed by atoms with van der Waals surface area (Å²) < 4.78 is 29.5. The van der Waals surface area contributed by atoms with Crippen molar-refractivity contribution in [3.05, 3.63) is 101 Å². The number of ether oxygens (including phenoxy) is 5. The molecule has 0 spiro atoms. The van der Waals surface area contributed by atoms with Crippen LogP contribution < -0.4 is 26.4 Å². The van der Waals surface area contributed by atoms with Gasteiger partial charge in [0.15, 0.2) is 0 Å². The molecule has 0 saturated heterocycles. The van der Waals surface area contributed by atoms with Crippen LogP contribution >= 0.6 is 0 Å². The summed E-state index contributed by atoms with van der Waals surface area (Å²) in [6, 6.07) is 18.2. The smallest absolute Gasteiger partial charge is 0.419 e. The highest BCUT2D eigenvalue weighted by molar-refractivity contribution is 5.93. The lowest BCUT2D eigenvalue weighted by Crippen LogP contribution is -2.52. The summed E-state index contributed by atoms with van der Waals surface area (Å²) in [7, 11) is 0. The zero-order valence-corrected chi connectivity index (χ0v) is 40.6. The van der Waals surface area contributed by atoms with Crippen LogP contribution in [0.15, 0.2) is 79.0 Å². The predicted molar refractivity (Wildman–Crippen MR) is 254 cm³/mol. The molecule has 5 N–H and O–H groups in total. The molecule has 0 bridgehead atoms. The van der Waals surface area contributed by atoms with E-state index in [1.165, 1.54) is 4.57 Å². The number of fused-ring (bicyclic) bond motifs is 1. The molecule has 3 aromatic carbocycles. The predicted octanol–water partition coefficient (Wildman–Crippen LogP) is 7.71. The van der Waals surface area contributed by atoms with Crippen LogP contribution in [0.2, 0.25) is 0 Å². The lowest BCUT2D eigenvalue weighted by atomic mass is 10.0. The summed E-state index contributed by atoms with van der Waals surface area (Å²) >= 11 is 0. The summed E-state index contributed by atoms with van der Waals surface area (Å²) in [5.74, 6) is -1.83. The van der Waals surface area contributed by atoms with Crippen LogP contribution in [0.25, 0.3) is 10.9 Å². The van der Waals surface area contributed by atoms with Crippen molar-refractivity contribution in [2.75, 3.05) is 6.54 Å². The number of amides is 3. The second kappa shape index (κ2) is 23.9. The van der Waals surface area contributed by atoms with Crippen LogP contribution in [0.5, 0.6) is 5.75 Å². The van der Waals surface area contributed by atoms with Crippen molar-refractivity contribution >= 4 is 46.8 Å². The molecule has 0 fully saturated rings. The van der Waals surface area contributed by atoms with Gasteiger partial charge in [-0.05, 0) is 136 Å². The van der Waals surface area contributed by atoms with Crippen molar-refractivity contribution in [1.82, 2.24) is 20.5 Å². The Bertz CT molecular complexity index is 2300. The van der Waals surface area contributed by atoms with Crippen molar-refractivity contribution < 1.29 is 52.5 Å². The number of nitrogens with two attached hydrogens (primary N) is 1. The Balaban J connectivity index is 1.38. The second-order valence-electron chi connectivity index (χ2n) is 19.5. The fraction of sp³-hybridized carbons (Fsp3) is 0.490. The van der Waals surface area contributed by atoms with Gasteiger partial charge in [-0.3, -0.25) is 14.2 Å². The van der Waals surface area contributed by atoms with Gasteiger partial charge >= 0.3 is 30.0 Å². The average molecular weight is 928 g/mol. The molecule has 0 radical (unpaired) electrons. The Morgan fingerprint density at radius 2 is 1.25 bits per heavy atom. The Labute approximate surface area is 393 Å². The fourth-order valence-electron chi connectivity index (χ4n) is 6.69.